The fourth-order valence-corrected chi connectivity index (χ4v) is 7.87. The molecular formula is C37H41F5N4O4. The van der Waals surface area contributed by atoms with Crippen molar-refractivity contribution in [1.29, 1.82) is 0 Å². The predicted octanol–water partition coefficient (Wildman–Crippen LogP) is 5.83. The van der Waals surface area contributed by atoms with Gasteiger partial charge in [0.2, 0.25) is 5.67 Å². The molecule has 8 nitrogen and oxygen atoms in total. The maximum Gasteiger partial charge on any atom is 0.416 e. The van der Waals surface area contributed by atoms with Crippen molar-refractivity contribution < 1.29 is 41.0 Å². The zero-order valence-electron chi connectivity index (χ0n) is 28.0. The molecule has 0 radical (unpaired) electrons. The minimum atomic E-state index is -4.58. The van der Waals surface area contributed by atoms with Gasteiger partial charge in [0.25, 0.3) is 5.91 Å². The minimum absolute atomic E-state index is 0.0672. The lowest BCUT2D eigenvalue weighted by Gasteiger charge is -2.35. The number of rotatable bonds is 9. The number of benzene rings is 2. The number of alkyl halides is 4. The first-order valence-electron chi connectivity index (χ1n) is 16.8. The van der Waals surface area contributed by atoms with E-state index in [1.165, 1.54) is 37.3 Å². The molecule has 3 aliphatic heterocycles. The number of aromatic nitrogens is 1. The maximum absolute atomic E-state index is 17.5. The van der Waals surface area contributed by atoms with Gasteiger partial charge in [0.1, 0.15) is 5.82 Å². The number of amides is 1. The van der Waals surface area contributed by atoms with Crippen LogP contribution in [-0.4, -0.2) is 92.4 Å². The van der Waals surface area contributed by atoms with Crippen molar-refractivity contribution in [2.75, 3.05) is 65.0 Å². The highest BCUT2D eigenvalue weighted by atomic mass is 19.4. The molecule has 4 heterocycles. The molecule has 3 aliphatic rings. The second kappa shape index (κ2) is 14.6. The first-order chi connectivity index (χ1) is 23.9. The lowest BCUT2D eigenvalue weighted by atomic mass is 9.86. The Morgan fingerprint density at radius 3 is 2.36 bits per heavy atom. The molecule has 0 N–H and O–H groups in total. The van der Waals surface area contributed by atoms with E-state index >= 15 is 4.39 Å². The van der Waals surface area contributed by atoms with Gasteiger partial charge in [0.15, 0.2) is 0 Å². The molecule has 0 saturated carbocycles. The van der Waals surface area contributed by atoms with E-state index in [9.17, 15) is 27.2 Å². The molecule has 3 fully saturated rings. The van der Waals surface area contributed by atoms with Gasteiger partial charge in [-0.3, -0.25) is 19.5 Å². The number of methoxy groups -OCH3 is 2. The van der Waals surface area contributed by atoms with E-state index in [0.717, 1.165) is 23.9 Å². The van der Waals surface area contributed by atoms with Crippen molar-refractivity contribution in [2.24, 2.45) is 11.8 Å². The topological polar surface area (TPSA) is 75.2 Å². The van der Waals surface area contributed by atoms with Gasteiger partial charge in [-0.15, -0.1) is 0 Å². The molecule has 268 valence electrons. The number of halogens is 5. The molecule has 3 saturated heterocycles. The van der Waals surface area contributed by atoms with Gasteiger partial charge in [0.05, 0.1) is 37.3 Å². The second-order valence-electron chi connectivity index (χ2n) is 13.6. The van der Waals surface area contributed by atoms with E-state index in [1.807, 2.05) is 40.1 Å². The number of nitrogens with zero attached hydrogens (tertiary/aromatic N) is 4. The van der Waals surface area contributed by atoms with E-state index < -0.39 is 41.0 Å². The van der Waals surface area contributed by atoms with Crippen LogP contribution in [-0.2, 0) is 31.8 Å². The van der Waals surface area contributed by atoms with Crippen LogP contribution in [0.5, 0.6) is 0 Å². The third-order valence-corrected chi connectivity index (χ3v) is 10.4. The molecule has 0 aliphatic carbocycles. The van der Waals surface area contributed by atoms with Crippen LogP contribution in [0.3, 0.4) is 0 Å². The lowest BCUT2D eigenvalue weighted by Crippen LogP contribution is -2.50. The van der Waals surface area contributed by atoms with Crippen molar-refractivity contribution >= 4 is 17.6 Å². The second-order valence-corrected chi connectivity index (χ2v) is 13.6. The zero-order valence-corrected chi connectivity index (χ0v) is 28.0. The molecule has 6 rings (SSSR count). The zero-order chi connectivity index (χ0) is 35.6. The first kappa shape index (κ1) is 35.7. The monoisotopic (exact) mass is 700 g/mol. The number of pyridine rings is 1. The SMILES string of the molecule is COC[C@H]1CN(C(=O)[C@]2(F)CN(Cc3ccccc3)C[C@H]2c2ccc(F)cn2)C[C@@H]1c1ccc(C(F)(F)F)cc1N1CCC(C(=O)OC)CC1. The number of ether oxygens (including phenoxy) is 2. The van der Waals surface area contributed by atoms with E-state index in [2.05, 4.69) is 4.98 Å². The fourth-order valence-electron chi connectivity index (χ4n) is 7.87. The predicted molar refractivity (Wildman–Crippen MR) is 176 cm³/mol. The Kier molecular flexibility index (Phi) is 10.5. The summed E-state index contributed by atoms with van der Waals surface area (Å²) in [5.41, 5.74) is -1.01. The molecule has 1 aromatic heterocycles. The highest BCUT2D eigenvalue weighted by molar-refractivity contribution is 5.88. The Labute approximate surface area is 288 Å². The molecule has 2 aromatic carbocycles. The molecule has 1 amide bonds. The average Bonchev–Trinajstić information content (AvgIpc) is 3.69. The standard InChI is InChI=1S/C37H41F5N4O4/c1-49-22-26-19-46(20-30(26)29-10-8-27(37(40,41)42)16-33(29)45-14-12-25(13-15-45)34(47)50-2)35(48)36(39)23-44(18-24-6-4-3-5-7-24)21-31(36)32-11-9-28(38)17-43-32/h3-11,16-17,25-26,30-31H,12-15,18-23H2,1-2H3/t26-,30+,31+,36+/m1/s1. The highest BCUT2D eigenvalue weighted by Crippen LogP contribution is 2.45. The summed E-state index contributed by atoms with van der Waals surface area (Å²) in [6.07, 6.45) is -2.73. The normalized spacial score (nSPS) is 24.9. The van der Waals surface area contributed by atoms with E-state index in [0.29, 0.717) is 43.7 Å². The van der Waals surface area contributed by atoms with Crippen LogP contribution in [0.2, 0.25) is 0 Å². The summed E-state index contributed by atoms with van der Waals surface area (Å²) in [5.74, 6) is -3.76. The summed E-state index contributed by atoms with van der Waals surface area (Å²) >= 11 is 0. The number of hydrogen-bond donors (Lipinski definition) is 0. The highest BCUT2D eigenvalue weighted by Gasteiger charge is 2.57. The van der Waals surface area contributed by atoms with Crippen molar-refractivity contribution in [3.05, 3.63) is 95.1 Å². The first-order valence-corrected chi connectivity index (χ1v) is 16.8. The fraction of sp³-hybridized carbons (Fsp3) is 0.486. The number of anilines is 1. The van der Waals surface area contributed by atoms with Crippen LogP contribution in [0.1, 0.15) is 47.1 Å². The Bertz CT molecular complexity index is 1650. The lowest BCUT2D eigenvalue weighted by molar-refractivity contribution is -0.146. The number of esters is 1. The van der Waals surface area contributed by atoms with Crippen molar-refractivity contribution in [2.45, 2.75) is 43.1 Å². The van der Waals surface area contributed by atoms with Crippen LogP contribution in [0.4, 0.5) is 27.6 Å². The summed E-state index contributed by atoms with van der Waals surface area (Å²) in [6, 6.07) is 15.7. The Morgan fingerprint density at radius 1 is 0.980 bits per heavy atom. The molecule has 0 bridgehead atoms. The largest absolute Gasteiger partial charge is 0.469 e. The number of likely N-dealkylation sites (tertiary alicyclic amines) is 2. The van der Waals surface area contributed by atoms with Gasteiger partial charge in [-0.25, -0.2) is 8.78 Å². The van der Waals surface area contributed by atoms with Crippen molar-refractivity contribution in [1.82, 2.24) is 14.8 Å². The number of piperidine rings is 1. The van der Waals surface area contributed by atoms with Gasteiger partial charge in [-0.05, 0) is 48.2 Å². The number of carbonyl (C=O) groups is 2. The van der Waals surface area contributed by atoms with Crippen LogP contribution >= 0.6 is 0 Å². The quantitative estimate of drug-likeness (QED) is 0.206. The smallest absolute Gasteiger partial charge is 0.416 e. The summed E-state index contributed by atoms with van der Waals surface area (Å²) < 4.78 is 83.7. The van der Waals surface area contributed by atoms with E-state index in [-0.39, 0.29) is 56.3 Å². The average molecular weight is 701 g/mol. The molecule has 13 heteroatoms. The van der Waals surface area contributed by atoms with Crippen LogP contribution in [0.25, 0.3) is 0 Å². The molecule has 50 heavy (non-hydrogen) atoms. The molecular weight excluding hydrogens is 659 g/mol. The number of hydrogen-bond acceptors (Lipinski definition) is 7. The maximum atomic E-state index is 17.5. The van der Waals surface area contributed by atoms with Gasteiger partial charge >= 0.3 is 12.1 Å². The summed E-state index contributed by atoms with van der Waals surface area (Å²) in [5, 5.41) is 0. The van der Waals surface area contributed by atoms with E-state index in [1.54, 1.807) is 0 Å². The van der Waals surface area contributed by atoms with Crippen LogP contribution in [0, 0.1) is 17.7 Å². The Morgan fingerprint density at radius 2 is 1.72 bits per heavy atom. The van der Waals surface area contributed by atoms with E-state index in [4.69, 9.17) is 9.47 Å². The van der Waals surface area contributed by atoms with Crippen molar-refractivity contribution in [3.63, 3.8) is 0 Å². The van der Waals surface area contributed by atoms with Gasteiger partial charge in [0, 0.05) is 76.1 Å². The third-order valence-electron chi connectivity index (χ3n) is 10.4. The third kappa shape index (κ3) is 7.34. The summed E-state index contributed by atoms with van der Waals surface area (Å²) in [7, 11) is 2.83. The summed E-state index contributed by atoms with van der Waals surface area (Å²) in [6.45, 7) is 1.45. The molecule has 0 spiro atoms. The van der Waals surface area contributed by atoms with Crippen molar-refractivity contribution in [3.8, 4) is 0 Å². The van der Waals surface area contributed by atoms with Gasteiger partial charge in [-0.1, -0.05) is 36.4 Å². The molecule has 3 aromatic rings. The summed E-state index contributed by atoms with van der Waals surface area (Å²) in [4.78, 5) is 35.9. The number of carbonyl (C=O) groups excluding carboxylic acids is 2. The van der Waals surface area contributed by atoms with Gasteiger partial charge in [-0.2, -0.15) is 13.2 Å². The van der Waals surface area contributed by atoms with Gasteiger partial charge < -0.3 is 19.3 Å². The minimum Gasteiger partial charge on any atom is -0.469 e. The van der Waals surface area contributed by atoms with Crippen LogP contribution < -0.4 is 4.90 Å². The van der Waals surface area contributed by atoms with Crippen LogP contribution in [0.15, 0.2) is 66.9 Å². The Hall–Kier alpha value is -4.10. The molecule has 0 unspecified atom stereocenters. The molecule has 4 atom stereocenters. The Balaban J connectivity index is 1.31.